The van der Waals surface area contributed by atoms with Gasteiger partial charge in [-0.2, -0.15) is 0 Å². The van der Waals surface area contributed by atoms with Crippen LogP contribution in [-0.4, -0.2) is 18.4 Å². The number of carbonyl (C=O) groups is 2. The number of unbranched alkanes of at least 4 members (excludes halogenated alkanes) is 1. The van der Waals surface area contributed by atoms with E-state index >= 15 is 0 Å². The third-order valence-corrected chi connectivity index (χ3v) is 3.71. The molecule has 0 heterocycles. The van der Waals surface area contributed by atoms with E-state index in [4.69, 9.17) is 0 Å². The van der Waals surface area contributed by atoms with Gasteiger partial charge in [0.05, 0.1) is 0 Å². The van der Waals surface area contributed by atoms with E-state index in [2.05, 4.69) is 17.6 Å². The Bertz CT molecular complexity index is 464. The van der Waals surface area contributed by atoms with Gasteiger partial charge in [-0.1, -0.05) is 19.8 Å². The van der Waals surface area contributed by atoms with Gasteiger partial charge >= 0.3 is 0 Å². The van der Waals surface area contributed by atoms with Gasteiger partial charge in [0.25, 0.3) is 5.91 Å². The molecular weight excluding hydrogens is 252 g/mol. The minimum Gasteiger partial charge on any atom is -0.352 e. The SMILES string of the molecule is CCCCNC(=O)c1ccc(NC(=O)C2CCC2)cc1. The fraction of sp³-hybridized carbons (Fsp3) is 0.500. The molecule has 1 aliphatic carbocycles. The summed E-state index contributed by atoms with van der Waals surface area (Å²) in [7, 11) is 0. The number of nitrogens with one attached hydrogen (secondary N) is 2. The summed E-state index contributed by atoms with van der Waals surface area (Å²) in [6, 6.07) is 7.06. The highest BCUT2D eigenvalue weighted by Crippen LogP contribution is 2.27. The van der Waals surface area contributed by atoms with Crippen LogP contribution in [0.3, 0.4) is 0 Å². The molecule has 1 aliphatic rings. The third-order valence-electron chi connectivity index (χ3n) is 3.71. The smallest absolute Gasteiger partial charge is 0.251 e. The topological polar surface area (TPSA) is 58.2 Å². The predicted octanol–water partition coefficient (Wildman–Crippen LogP) is 2.96. The van der Waals surface area contributed by atoms with Crippen molar-refractivity contribution in [2.45, 2.75) is 39.0 Å². The summed E-state index contributed by atoms with van der Waals surface area (Å²) in [5.74, 6) is 0.207. The number of benzene rings is 1. The highest BCUT2D eigenvalue weighted by Gasteiger charge is 2.25. The first kappa shape index (κ1) is 14.6. The van der Waals surface area contributed by atoms with Gasteiger partial charge in [-0.25, -0.2) is 0 Å². The lowest BCUT2D eigenvalue weighted by Gasteiger charge is -2.24. The second-order valence-electron chi connectivity index (χ2n) is 5.30. The number of hydrogen-bond donors (Lipinski definition) is 2. The molecule has 4 nitrogen and oxygen atoms in total. The van der Waals surface area contributed by atoms with E-state index in [1.54, 1.807) is 24.3 Å². The van der Waals surface area contributed by atoms with Crippen LogP contribution in [0.4, 0.5) is 5.69 Å². The molecule has 20 heavy (non-hydrogen) atoms. The van der Waals surface area contributed by atoms with Gasteiger partial charge in [-0.05, 0) is 43.5 Å². The summed E-state index contributed by atoms with van der Waals surface area (Å²) in [5, 5.41) is 5.76. The van der Waals surface area contributed by atoms with Crippen LogP contribution in [0.15, 0.2) is 24.3 Å². The van der Waals surface area contributed by atoms with Crippen molar-refractivity contribution < 1.29 is 9.59 Å². The minimum absolute atomic E-state index is 0.0599. The van der Waals surface area contributed by atoms with Crippen molar-refractivity contribution in [2.75, 3.05) is 11.9 Å². The number of carbonyl (C=O) groups excluding carboxylic acids is 2. The molecule has 0 spiro atoms. The molecule has 2 amide bonds. The highest BCUT2D eigenvalue weighted by atomic mass is 16.2. The summed E-state index contributed by atoms with van der Waals surface area (Å²) in [6.07, 6.45) is 5.18. The second kappa shape index (κ2) is 7.08. The lowest BCUT2D eigenvalue weighted by Crippen LogP contribution is -2.28. The zero-order valence-corrected chi connectivity index (χ0v) is 11.9. The van der Waals surface area contributed by atoms with Crippen LogP contribution in [0, 0.1) is 5.92 Å². The van der Waals surface area contributed by atoms with E-state index < -0.39 is 0 Å². The molecule has 2 rings (SSSR count). The summed E-state index contributed by atoms with van der Waals surface area (Å²) in [5.41, 5.74) is 1.38. The number of rotatable bonds is 6. The molecule has 0 bridgehead atoms. The second-order valence-corrected chi connectivity index (χ2v) is 5.30. The quantitative estimate of drug-likeness (QED) is 0.784. The molecule has 0 aliphatic heterocycles. The first-order chi connectivity index (χ1) is 9.70. The molecule has 0 aromatic heterocycles. The minimum atomic E-state index is -0.0599. The van der Waals surface area contributed by atoms with Crippen LogP contribution >= 0.6 is 0 Å². The van der Waals surface area contributed by atoms with E-state index in [1.807, 2.05) is 0 Å². The molecule has 0 atom stereocenters. The van der Waals surface area contributed by atoms with E-state index in [0.717, 1.165) is 37.8 Å². The van der Waals surface area contributed by atoms with Gasteiger partial charge in [0.15, 0.2) is 0 Å². The van der Waals surface area contributed by atoms with Gasteiger partial charge in [-0.15, -0.1) is 0 Å². The Morgan fingerprint density at radius 3 is 2.45 bits per heavy atom. The van der Waals surface area contributed by atoms with Gasteiger partial charge < -0.3 is 10.6 Å². The number of anilines is 1. The summed E-state index contributed by atoms with van der Waals surface area (Å²) in [6.45, 7) is 2.79. The maximum Gasteiger partial charge on any atom is 0.251 e. The lowest BCUT2D eigenvalue weighted by atomic mass is 9.85. The standard InChI is InChI=1S/C16H22N2O2/c1-2-3-11-17-15(19)13-7-9-14(10-8-13)18-16(20)12-5-4-6-12/h7-10,12H,2-6,11H2,1H3,(H,17,19)(H,18,20). The third kappa shape index (κ3) is 3.83. The van der Waals surface area contributed by atoms with Gasteiger partial charge in [0.1, 0.15) is 0 Å². The zero-order valence-electron chi connectivity index (χ0n) is 11.9. The van der Waals surface area contributed by atoms with Crippen molar-refractivity contribution in [1.29, 1.82) is 0 Å². The van der Waals surface area contributed by atoms with Crippen molar-refractivity contribution in [1.82, 2.24) is 5.32 Å². The molecule has 2 N–H and O–H groups in total. The summed E-state index contributed by atoms with van der Waals surface area (Å²) < 4.78 is 0. The fourth-order valence-electron chi connectivity index (χ4n) is 2.10. The van der Waals surface area contributed by atoms with E-state index in [9.17, 15) is 9.59 Å². The molecular formula is C16H22N2O2. The molecule has 4 heteroatoms. The van der Waals surface area contributed by atoms with Gasteiger partial charge in [0.2, 0.25) is 5.91 Å². The number of hydrogen-bond acceptors (Lipinski definition) is 2. The van der Waals surface area contributed by atoms with Crippen molar-refractivity contribution in [3.63, 3.8) is 0 Å². The summed E-state index contributed by atoms with van der Waals surface area (Å²) in [4.78, 5) is 23.6. The van der Waals surface area contributed by atoms with E-state index in [0.29, 0.717) is 12.1 Å². The van der Waals surface area contributed by atoms with Crippen LogP contribution < -0.4 is 10.6 Å². The Morgan fingerprint density at radius 1 is 1.20 bits per heavy atom. The largest absolute Gasteiger partial charge is 0.352 e. The van der Waals surface area contributed by atoms with E-state index in [-0.39, 0.29) is 17.7 Å². The monoisotopic (exact) mass is 274 g/mol. The van der Waals surface area contributed by atoms with Crippen LogP contribution in [0.2, 0.25) is 0 Å². The van der Waals surface area contributed by atoms with Crippen LogP contribution in [0.5, 0.6) is 0 Å². The zero-order chi connectivity index (χ0) is 14.4. The molecule has 108 valence electrons. The molecule has 0 saturated heterocycles. The Kier molecular flexibility index (Phi) is 5.16. The lowest BCUT2D eigenvalue weighted by molar-refractivity contribution is -0.122. The van der Waals surface area contributed by atoms with Crippen LogP contribution in [-0.2, 0) is 4.79 Å². The van der Waals surface area contributed by atoms with Crippen molar-refractivity contribution in [2.24, 2.45) is 5.92 Å². The van der Waals surface area contributed by atoms with Crippen molar-refractivity contribution in [3.8, 4) is 0 Å². The van der Waals surface area contributed by atoms with Crippen LogP contribution in [0.1, 0.15) is 49.4 Å². The normalized spacial score (nSPS) is 14.4. The molecule has 1 fully saturated rings. The molecule has 1 aromatic rings. The Labute approximate surface area is 119 Å². The van der Waals surface area contributed by atoms with Crippen LogP contribution in [0.25, 0.3) is 0 Å². The van der Waals surface area contributed by atoms with Gasteiger partial charge in [0, 0.05) is 23.7 Å². The first-order valence-electron chi connectivity index (χ1n) is 7.40. The summed E-state index contributed by atoms with van der Waals surface area (Å²) >= 11 is 0. The molecule has 0 unspecified atom stereocenters. The predicted molar refractivity (Wildman–Crippen MR) is 79.7 cm³/mol. The highest BCUT2D eigenvalue weighted by molar-refractivity contribution is 5.96. The molecule has 1 saturated carbocycles. The first-order valence-corrected chi connectivity index (χ1v) is 7.40. The Morgan fingerprint density at radius 2 is 1.90 bits per heavy atom. The average Bonchev–Trinajstić information content (AvgIpc) is 2.37. The van der Waals surface area contributed by atoms with Gasteiger partial charge in [-0.3, -0.25) is 9.59 Å². The maximum atomic E-state index is 11.8. The Hall–Kier alpha value is -1.84. The maximum absolute atomic E-state index is 11.8. The van der Waals surface area contributed by atoms with Crippen molar-refractivity contribution >= 4 is 17.5 Å². The average molecular weight is 274 g/mol. The van der Waals surface area contributed by atoms with Crippen molar-refractivity contribution in [3.05, 3.63) is 29.8 Å². The Balaban J connectivity index is 1.85. The number of amides is 2. The molecule has 0 radical (unpaired) electrons. The fourth-order valence-corrected chi connectivity index (χ4v) is 2.10. The van der Waals surface area contributed by atoms with E-state index in [1.165, 1.54) is 0 Å². The molecule has 1 aromatic carbocycles.